The van der Waals surface area contributed by atoms with E-state index in [-0.39, 0.29) is 38.5 Å². The van der Waals surface area contributed by atoms with Gasteiger partial charge in [0.25, 0.3) is 5.91 Å². The van der Waals surface area contributed by atoms with Crippen LogP contribution in [0.15, 0.2) is 60.9 Å². The summed E-state index contributed by atoms with van der Waals surface area (Å²) in [4.78, 5) is 48.9. The molecule has 272 valence electrons. The monoisotopic (exact) mass is 718 g/mol. The first kappa shape index (κ1) is 35.8. The van der Waals surface area contributed by atoms with Crippen LogP contribution >= 0.6 is 0 Å². The smallest absolute Gasteiger partial charge is 0.418 e. The maximum absolute atomic E-state index is 14.1. The number of rotatable bonds is 6. The molecule has 2 fully saturated rings. The number of likely N-dealkylation sites (tertiary alicyclic amines) is 1. The lowest BCUT2D eigenvalue weighted by molar-refractivity contribution is -0.142. The van der Waals surface area contributed by atoms with Gasteiger partial charge in [-0.2, -0.15) is 26.3 Å². The fraction of sp³-hybridized carbons (Fsp3) is 0.429. The van der Waals surface area contributed by atoms with Crippen molar-refractivity contribution in [2.75, 3.05) is 61.8 Å². The van der Waals surface area contributed by atoms with Gasteiger partial charge in [0.05, 0.1) is 16.8 Å². The second-order valence-electron chi connectivity index (χ2n) is 12.9. The molecule has 3 aliphatic heterocycles. The molecular formula is C35H36F6N6O4. The van der Waals surface area contributed by atoms with E-state index in [0.717, 1.165) is 18.3 Å². The minimum absolute atomic E-state index is 0.152. The Hall–Kier alpha value is -5.02. The Balaban J connectivity index is 1.25. The minimum atomic E-state index is -5.16. The number of pyridine rings is 1. The summed E-state index contributed by atoms with van der Waals surface area (Å²) in [6.07, 6.45) is -9.43. The molecule has 6 rings (SSSR count). The predicted octanol–water partition coefficient (Wildman–Crippen LogP) is 5.93. The van der Waals surface area contributed by atoms with Crippen molar-refractivity contribution in [3.8, 4) is 0 Å². The van der Waals surface area contributed by atoms with Gasteiger partial charge in [0.15, 0.2) is 6.10 Å². The number of piperidine rings is 1. The molecule has 2 aromatic carbocycles. The second kappa shape index (κ2) is 13.9. The molecule has 0 unspecified atom stereocenters. The number of nitrogens with zero attached hydrogens (tertiary/aromatic N) is 4. The molecule has 3 aliphatic rings. The zero-order valence-corrected chi connectivity index (χ0v) is 27.6. The van der Waals surface area contributed by atoms with Crippen LogP contribution in [0.4, 0.5) is 48.2 Å². The predicted molar refractivity (Wildman–Crippen MR) is 175 cm³/mol. The number of benzene rings is 2. The number of alkyl halides is 6. The van der Waals surface area contributed by atoms with E-state index in [1.54, 1.807) is 30.6 Å². The van der Waals surface area contributed by atoms with Crippen LogP contribution in [0.25, 0.3) is 0 Å². The van der Waals surface area contributed by atoms with Crippen molar-refractivity contribution in [2.45, 2.75) is 49.6 Å². The van der Waals surface area contributed by atoms with Crippen LogP contribution in [0.5, 0.6) is 0 Å². The molecule has 1 aromatic heterocycles. The van der Waals surface area contributed by atoms with Crippen LogP contribution in [-0.2, 0) is 38.5 Å². The summed E-state index contributed by atoms with van der Waals surface area (Å²) in [5.74, 6) is -0.885. The molecule has 2 N–H and O–H groups in total. The van der Waals surface area contributed by atoms with Crippen molar-refractivity contribution in [3.63, 3.8) is 0 Å². The number of nitrogens with one attached hydrogen (secondary N) is 2. The number of carbonyl (C=O) groups is 3. The maximum atomic E-state index is 14.1. The molecule has 2 saturated heterocycles. The quantitative estimate of drug-likeness (QED) is 0.305. The number of piperazine rings is 1. The molecule has 3 amide bonds. The Morgan fingerprint density at radius 1 is 0.902 bits per heavy atom. The Kier molecular flexibility index (Phi) is 9.79. The molecule has 0 saturated carbocycles. The van der Waals surface area contributed by atoms with Crippen molar-refractivity contribution >= 4 is 35.0 Å². The molecule has 0 aliphatic carbocycles. The standard InChI is InChI=1S/C35H36F6N6O4/c1-42-30-25(34(36,37)38)18-22(19-26(30)35(39,40)41)20-28(31(49)46-16-14-45(15-17-46)23-6-10-43-11-7-23)51-32(50)47-12-8-33(9-13-47)21-29(48)44-27-5-3-2-4-24(27)33/h2-7,10-11,18-19,28,42H,8-9,12-17,20-21H2,1H3,(H,44,48)/t28-/m1/s1. The molecule has 0 radical (unpaired) electrons. The van der Waals surface area contributed by atoms with Crippen molar-refractivity contribution in [1.82, 2.24) is 14.8 Å². The molecular weight excluding hydrogens is 682 g/mol. The highest BCUT2D eigenvalue weighted by Crippen LogP contribution is 2.46. The van der Waals surface area contributed by atoms with E-state index in [2.05, 4.69) is 10.3 Å². The van der Waals surface area contributed by atoms with Crippen molar-refractivity contribution in [3.05, 3.63) is 83.2 Å². The van der Waals surface area contributed by atoms with E-state index >= 15 is 0 Å². The second-order valence-corrected chi connectivity index (χ2v) is 12.9. The lowest BCUT2D eigenvalue weighted by Crippen LogP contribution is -2.54. The fourth-order valence-electron chi connectivity index (χ4n) is 7.28. The summed E-state index contributed by atoms with van der Waals surface area (Å²) in [6, 6.07) is 12.1. The van der Waals surface area contributed by atoms with E-state index in [1.165, 1.54) is 9.80 Å². The first-order chi connectivity index (χ1) is 24.2. The zero-order chi connectivity index (χ0) is 36.6. The fourth-order valence-corrected chi connectivity index (χ4v) is 7.28. The first-order valence-electron chi connectivity index (χ1n) is 16.5. The van der Waals surface area contributed by atoms with Gasteiger partial charge >= 0.3 is 18.4 Å². The van der Waals surface area contributed by atoms with Crippen LogP contribution in [0, 0.1) is 0 Å². The number of para-hydroxylation sites is 1. The van der Waals surface area contributed by atoms with E-state index in [0.29, 0.717) is 43.8 Å². The van der Waals surface area contributed by atoms with E-state index < -0.39 is 64.7 Å². The number of hydrogen-bond acceptors (Lipinski definition) is 7. The molecule has 3 aromatic rings. The number of aromatic nitrogens is 1. The summed E-state index contributed by atoms with van der Waals surface area (Å²) in [5.41, 5.74) is -2.76. The Morgan fingerprint density at radius 2 is 1.51 bits per heavy atom. The number of amides is 3. The van der Waals surface area contributed by atoms with Crippen LogP contribution in [-0.4, -0.2) is 85.1 Å². The molecule has 10 nitrogen and oxygen atoms in total. The Morgan fingerprint density at radius 3 is 2.10 bits per heavy atom. The van der Waals surface area contributed by atoms with E-state index in [9.17, 15) is 40.7 Å². The maximum Gasteiger partial charge on any atom is 0.418 e. The molecule has 16 heteroatoms. The third-order valence-electron chi connectivity index (χ3n) is 9.87. The molecule has 1 atom stereocenters. The number of halogens is 6. The SMILES string of the molecule is CNc1c(C(F)(F)F)cc(C[C@@H](OC(=O)N2CCC3(CC2)CC(=O)Nc2ccccc23)C(=O)N2CCN(c3ccncc3)CC2)cc1C(F)(F)F. The Labute approximate surface area is 289 Å². The molecule has 1 spiro atoms. The van der Waals surface area contributed by atoms with Gasteiger partial charge in [-0.05, 0) is 54.3 Å². The average molecular weight is 719 g/mol. The topological polar surface area (TPSA) is 107 Å². The highest BCUT2D eigenvalue weighted by molar-refractivity contribution is 5.95. The van der Waals surface area contributed by atoms with Crippen LogP contribution < -0.4 is 15.5 Å². The summed E-state index contributed by atoms with van der Waals surface area (Å²) in [5, 5.41) is 4.88. The first-order valence-corrected chi connectivity index (χ1v) is 16.5. The van der Waals surface area contributed by atoms with E-state index in [1.807, 2.05) is 28.4 Å². The van der Waals surface area contributed by atoms with E-state index in [4.69, 9.17) is 4.74 Å². The van der Waals surface area contributed by atoms with Gasteiger partial charge in [0, 0.05) is 88.3 Å². The molecule has 0 bridgehead atoms. The van der Waals surface area contributed by atoms with Gasteiger partial charge in [-0.25, -0.2) is 4.79 Å². The lowest BCUT2D eigenvalue weighted by atomic mass is 9.68. The number of anilines is 3. The number of carbonyl (C=O) groups excluding carboxylic acids is 3. The summed E-state index contributed by atoms with van der Waals surface area (Å²) in [7, 11) is 0.959. The zero-order valence-electron chi connectivity index (χ0n) is 27.6. The number of fused-ring (bicyclic) bond motifs is 2. The van der Waals surface area contributed by atoms with Crippen molar-refractivity contribution in [1.29, 1.82) is 0 Å². The average Bonchev–Trinajstić information content (AvgIpc) is 3.10. The van der Waals surface area contributed by atoms with Gasteiger partial charge in [-0.3, -0.25) is 14.6 Å². The largest absolute Gasteiger partial charge is 0.436 e. The summed E-state index contributed by atoms with van der Waals surface area (Å²) < 4.78 is 90.1. The molecule has 4 heterocycles. The van der Waals surface area contributed by atoms with Crippen LogP contribution in [0.2, 0.25) is 0 Å². The molecule has 51 heavy (non-hydrogen) atoms. The third kappa shape index (κ3) is 7.54. The Bertz CT molecular complexity index is 1740. The lowest BCUT2D eigenvalue weighted by Gasteiger charge is -2.44. The van der Waals surface area contributed by atoms with Gasteiger partial charge in [-0.1, -0.05) is 18.2 Å². The van der Waals surface area contributed by atoms with Gasteiger partial charge in [0.1, 0.15) is 0 Å². The highest BCUT2D eigenvalue weighted by atomic mass is 19.4. The highest BCUT2D eigenvalue weighted by Gasteiger charge is 2.45. The van der Waals surface area contributed by atoms with Gasteiger partial charge < -0.3 is 30.1 Å². The van der Waals surface area contributed by atoms with Gasteiger partial charge in [0.2, 0.25) is 5.91 Å². The van der Waals surface area contributed by atoms with Gasteiger partial charge in [-0.15, -0.1) is 0 Å². The third-order valence-corrected chi connectivity index (χ3v) is 9.87. The number of hydrogen-bond donors (Lipinski definition) is 2. The van der Waals surface area contributed by atoms with Crippen LogP contribution in [0.1, 0.15) is 41.5 Å². The van der Waals surface area contributed by atoms with Crippen molar-refractivity contribution in [2.24, 2.45) is 0 Å². The summed E-state index contributed by atoms with van der Waals surface area (Å²) in [6.45, 7) is 1.41. The normalized spacial score (nSPS) is 18.2. The van der Waals surface area contributed by atoms with Crippen molar-refractivity contribution < 1.29 is 45.5 Å². The summed E-state index contributed by atoms with van der Waals surface area (Å²) >= 11 is 0. The minimum Gasteiger partial charge on any atom is -0.436 e. The number of ether oxygens (including phenoxy) is 1. The van der Waals surface area contributed by atoms with Crippen LogP contribution in [0.3, 0.4) is 0 Å².